The van der Waals surface area contributed by atoms with Crippen LogP contribution in [0.3, 0.4) is 0 Å². The predicted molar refractivity (Wildman–Crippen MR) is 97.0 cm³/mol. The largest absolute Gasteiger partial charge is 0.342 e. The predicted octanol–water partition coefficient (Wildman–Crippen LogP) is 3.07. The van der Waals surface area contributed by atoms with Crippen molar-refractivity contribution in [3.8, 4) is 0 Å². The number of nitrogens with zero attached hydrogens (tertiary/aromatic N) is 3. The van der Waals surface area contributed by atoms with Gasteiger partial charge in [-0.3, -0.25) is 14.2 Å². The van der Waals surface area contributed by atoms with Gasteiger partial charge in [0.1, 0.15) is 0 Å². The van der Waals surface area contributed by atoms with Crippen LogP contribution in [0, 0.1) is 12.3 Å². The van der Waals surface area contributed by atoms with Crippen molar-refractivity contribution >= 4 is 22.6 Å². The summed E-state index contributed by atoms with van der Waals surface area (Å²) in [6.45, 7) is 9.64. The van der Waals surface area contributed by atoms with Crippen LogP contribution in [-0.2, 0) is 7.05 Å². The number of hydrogen-bond acceptors (Lipinski definition) is 4. The Morgan fingerprint density at radius 1 is 1.29 bits per heavy atom. The molecule has 0 bridgehead atoms. The molecule has 0 radical (unpaired) electrons. The number of piperidine rings is 1. The molecule has 24 heavy (non-hydrogen) atoms. The zero-order valence-electron chi connectivity index (χ0n) is 15.1. The summed E-state index contributed by atoms with van der Waals surface area (Å²) in [4.78, 5) is 31.8. The molecule has 1 fully saturated rings. The number of aromatic nitrogens is 2. The molecule has 1 saturated heterocycles. The quantitative estimate of drug-likeness (QED) is 0.796. The maximum absolute atomic E-state index is 12.9. The van der Waals surface area contributed by atoms with Gasteiger partial charge in [-0.1, -0.05) is 13.8 Å². The molecule has 0 saturated carbocycles. The maximum atomic E-state index is 12.9. The van der Waals surface area contributed by atoms with Gasteiger partial charge >= 0.3 is 0 Å². The fourth-order valence-electron chi connectivity index (χ4n) is 3.65. The lowest BCUT2D eigenvalue weighted by Gasteiger charge is -2.39. The fourth-order valence-corrected chi connectivity index (χ4v) is 3.65. The number of anilines is 1. The number of fused-ring (bicyclic) bond motifs is 1. The molecule has 5 heteroatoms. The Morgan fingerprint density at radius 3 is 2.62 bits per heavy atom. The topological polar surface area (TPSA) is 55.2 Å². The molecule has 1 aliphatic rings. The SMILES string of the molecule is CC(=O)c1cc(C)cc2c(=O)n(C)c(N3CCCC(C)(C)C3)nc12. The first-order chi connectivity index (χ1) is 11.2. The molecule has 0 aliphatic carbocycles. The summed E-state index contributed by atoms with van der Waals surface area (Å²) in [7, 11) is 1.77. The van der Waals surface area contributed by atoms with Crippen LogP contribution in [0.1, 0.15) is 49.5 Å². The number of aryl methyl sites for hydroxylation is 1. The molecular formula is C19H25N3O2. The summed E-state index contributed by atoms with van der Waals surface area (Å²) >= 11 is 0. The second-order valence-corrected chi connectivity index (χ2v) is 7.73. The average Bonchev–Trinajstić information content (AvgIpc) is 2.49. The summed E-state index contributed by atoms with van der Waals surface area (Å²) in [5, 5.41) is 0.516. The van der Waals surface area contributed by atoms with Crippen LogP contribution < -0.4 is 10.5 Å². The molecule has 0 spiro atoms. The van der Waals surface area contributed by atoms with Crippen molar-refractivity contribution in [3.05, 3.63) is 33.6 Å². The Bertz CT molecular complexity index is 880. The van der Waals surface area contributed by atoms with Crippen LogP contribution in [0.15, 0.2) is 16.9 Å². The van der Waals surface area contributed by atoms with Gasteiger partial charge in [0.15, 0.2) is 5.78 Å². The van der Waals surface area contributed by atoms with E-state index in [2.05, 4.69) is 18.7 Å². The van der Waals surface area contributed by atoms with Crippen LogP contribution >= 0.6 is 0 Å². The third-order valence-electron chi connectivity index (χ3n) is 4.86. The van der Waals surface area contributed by atoms with E-state index in [0.717, 1.165) is 25.1 Å². The summed E-state index contributed by atoms with van der Waals surface area (Å²) in [5.74, 6) is 0.598. The van der Waals surface area contributed by atoms with Gasteiger partial charge < -0.3 is 4.90 Å². The molecular weight excluding hydrogens is 302 g/mol. The van der Waals surface area contributed by atoms with Crippen molar-refractivity contribution in [2.45, 2.75) is 40.5 Å². The maximum Gasteiger partial charge on any atom is 0.262 e. The van der Waals surface area contributed by atoms with E-state index in [-0.39, 0.29) is 16.8 Å². The van der Waals surface area contributed by atoms with E-state index < -0.39 is 0 Å². The first-order valence-corrected chi connectivity index (χ1v) is 8.47. The number of carbonyl (C=O) groups excluding carboxylic acids is 1. The number of Topliss-reactive ketones (excluding diaryl/α,β-unsaturated/α-hetero) is 1. The van der Waals surface area contributed by atoms with Gasteiger partial charge in [0.2, 0.25) is 5.95 Å². The normalized spacial score (nSPS) is 17.3. The molecule has 0 amide bonds. The van der Waals surface area contributed by atoms with E-state index in [1.54, 1.807) is 11.6 Å². The minimum absolute atomic E-state index is 0.0608. The standard InChI is InChI=1S/C19H25N3O2/c1-12-9-14(13(2)23)16-15(10-12)17(24)21(5)18(20-16)22-8-6-7-19(3,4)11-22/h9-10H,6-8,11H2,1-5H3. The highest BCUT2D eigenvalue weighted by molar-refractivity contribution is 6.05. The van der Waals surface area contributed by atoms with Crippen molar-refractivity contribution in [3.63, 3.8) is 0 Å². The minimum Gasteiger partial charge on any atom is -0.342 e. The van der Waals surface area contributed by atoms with Gasteiger partial charge in [0.25, 0.3) is 5.56 Å². The van der Waals surface area contributed by atoms with Crippen molar-refractivity contribution < 1.29 is 4.79 Å². The van der Waals surface area contributed by atoms with Crippen molar-refractivity contribution in [1.29, 1.82) is 0 Å². The van der Waals surface area contributed by atoms with Gasteiger partial charge in [-0.2, -0.15) is 0 Å². The van der Waals surface area contributed by atoms with E-state index >= 15 is 0 Å². The molecule has 128 valence electrons. The lowest BCUT2D eigenvalue weighted by molar-refractivity contribution is 0.101. The Kier molecular flexibility index (Phi) is 3.98. The summed E-state index contributed by atoms with van der Waals surface area (Å²) < 4.78 is 1.62. The molecule has 0 N–H and O–H groups in total. The van der Waals surface area contributed by atoms with Crippen LogP contribution in [0.4, 0.5) is 5.95 Å². The number of rotatable bonds is 2. The number of benzene rings is 1. The van der Waals surface area contributed by atoms with Crippen molar-refractivity contribution in [1.82, 2.24) is 9.55 Å². The molecule has 2 heterocycles. The number of ketones is 1. The monoisotopic (exact) mass is 327 g/mol. The highest BCUT2D eigenvalue weighted by Gasteiger charge is 2.29. The van der Waals surface area contributed by atoms with Gasteiger partial charge in [-0.15, -0.1) is 0 Å². The molecule has 2 aromatic rings. The van der Waals surface area contributed by atoms with Gasteiger partial charge in [0.05, 0.1) is 10.9 Å². The van der Waals surface area contributed by atoms with Crippen molar-refractivity contribution in [2.24, 2.45) is 12.5 Å². The zero-order chi connectivity index (χ0) is 17.6. The Morgan fingerprint density at radius 2 is 2.00 bits per heavy atom. The molecule has 5 nitrogen and oxygen atoms in total. The molecule has 1 aliphatic heterocycles. The molecule has 1 aromatic carbocycles. The van der Waals surface area contributed by atoms with E-state index in [1.807, 2.05) is 19.1 Å². The second kappa shape index (κ2) is 5.72. The average molecular weight is 327 g/mol. The van der Waals surface area contributed by atoms with E-state index in [9.17, 15) is 9.59 Å². The van der Waals surface area contributed by atoms with Gasteiger partial charge in [-0.25, -0.2) is 4.98 Å². The lowest BCUT2D eigenvalue weighted by Crippen LogP contribution is -2.43. The molecule has 0 unspecified atom stereocenters. The first-order valence-electron chi connectivity index (χ1n) is 8.47. The fraction of sp³-hybridized carbons (Fsp3) is 0.526. The summed E-state index contributed by atoms with van der Waals surface area (Å²) in [6, 6.07) is 3.64. The van der Waals surface area contributed by atoms with Crippen LogP contribution in [-0.4, -0.2) is 28.4 Å². The summed E-state index contributed by atoms with van der Waals surface area (Å²) in [6.07, 6.45) is 2.25. The molecule has 1 aromatic heterocycles. The van der Waals surface area contributed by atoms with E-state index in [4.69, 9.17) is 4.98 Å². The third kappa shape index (κ3) is 2.83. The zero-order valence-corrected chi connectivity index (χ0v) is 15.1. The van der Waals surface area contributed by atoms with Crippen LogP contribution in [0.5, 0.6) is 0 Å². The lowest BCUT2D eigenvalue weighted by atomic mass is 9.84. The van der Waals surface area contributed by atoms with Gasteiger partial charge in [0, 0.05) is 25.7 Å². The highest BCUT2D eigenvalue weighted by Crippen LogP contribution is 2.31. The van der Waals surface area contributed by atoms with Crippen LogP contribution in [0.25, 0.3) is 10.9 Å². The van der Waals surface area contributed by atoms with E-state index in [0.29, 0.717) is 22.4 Å². The van der Waals surface area contributed by atoms with E-state index in [1.165, 1.54) is 13.3 Å². The minimum atomic E-state index is -0.0930. The number of hydrogen-bond donors (Lipinski definition) is 0. The number of carbonyl (C=O) groups is 1. The van der Waals surface area contributed by atoms with Crippen molar-refractivity contribution in [2.75, 3.05) is 18.0 Å². The van der Waals surface area contributed by atoms with Gasteiger partial charge in [-0.05, 0) is 49.8 Å². The highest BCUT2D eigenvalue weighted by atomic mass is 16.1. The Hall–Kier alpha value is -2.17. The summed E-state index contributed by atoms with van der Waals surface area (Å²) in [5.41, 5.74) is 2.06. The van der Waals surface area contributed by atoms with Crippen LogP contribution in [0.2, 0.25) is 0 Å². The second-order valence-electron chi connectivity index (χ2n) is 7.73. The molecule has 3 rings (SSSR count). The molecule has 0 atom stereocenters. The first kappa shape index (κ1) is 16.7. The Labute approximate surface area is 142 Å². The third-order valence-corrected chi connectivity index (χ3v) is 4.86. The Balaban J connectivity index is 2.25. The smallest absolute Gasteiger partial charge is 0.262 e.